The van der Waals surface area contributed by atoms with Gasteiger partial charge in [0.15, 0.2) is 0 Å². The number of fused-ring (bicyclic) bond motifs is 3. The van der Waals surface area contributed by atoms with Crippen molar-refractivity contribution in [3.8, 4) is 0 Å². The number of para-hydroxylation sites is 1. The molecule has 1 aliphatic carbocycles. The Hall–Kier alpha value is -3.15. The first-order valence-corrected chi connectivity index (χ1v) is 11.7. The zero-order valence-corrected chi connectivity index (χ0v) is 18.6. The van der Waals surface area contributed by atoms with Crippen molar-refractivity contribution in [2.24, 2.45) is 0 Å². The van der Waals surface area contributed by atoms with Gasteiger partial charge < -0.3 is 14.8 Å². The number of nitrogens with zero attached hydrogens (tertiary/aromatic N) is 3. The summed E-state index contributed by atoms with van der Waals surface area (Å²) in [6.45, 7) is 2.63. The monoisotopic (exact) mass is 430 g/mol. The van der Waals surface area contributed by atoms with Crippen LogP contribution >= 0.6 is 0 Å². The van der Waals surface area contributed by atoms with Crippen molar-refractivity contribution in [1.82, 2.24) is 19.8 Å². The van der Waals surface area contributed by atoms with Gasteiger partial charge >= 0.3 is 0 Å². The first-order chi connectivity index (χ1) is 15.6. The Balaban J connectivity index is 1.53. The number of rotatable bonds is 4. The van der Waals surface area contributed by atoms with Gasteiger partial charge in [0.2, 0.25) is 5.91 Å². The lowest BCUT2D eigenvalue weighted by Gasteiger charge is -2.44. The maximum Gasteiger partial charge on any atom is 0.271 e. The highest BCUT2D eigenvalue weighted by atomic mass is 16.2. The predicted molar refractivity (Wildman–Crippen MR) is 124 cm³/mol. The third kappa shape index (κ3) is 3.68. The summed E-state index contributed by atoms with van der Waals surface area (Å²) in [5.41, 5.74) is 1.39. The van der Waals surface area contributed by atoms with Crippen LogP contribution in [-0.2, 0) is 17.9 Å². The number of pyridine rings is 1. The van der Waals surface area contributed by atoms with E-state index < -0.39 is 5.54 Å². The third-order valence-electron chi connectivity index (χ3n) is 7.06. The Morgan fingerprint density at radius 3 is 2.59 bits per heavy atom. The molecule has 1 aliphatic heterocycles. The van der Waals surface area contributed by atoms with Crippen molar-refractivity contribution < 1.29 is 9.59 Å². The van der Waals surface area contributed by atoms with E-state index in [1.165, 1.54) is 12.8 Å². The van der Waals surface area contributed by atoms with Crippen LogP contribution < -0.4 is 5.32 Å². The third-order valence-corrected chi connectivity index (χ3v) is 7.06. The quantitative estimate of drug-likeness (QED) is 0.628. The van der Waals surface area contributed by atoms with Crippen LogP contribution in [0.15, 0.2) is 54.7 Å². The predicted octanol–water partition coefficient (Wildman–Crippen LogP) is 4.29. The summed E-state index contributed by atoms with van der Waals surface area (Å²) >= 11 is 0. The first-order valence-electron chi connectivity index (χ1n) is 11.7. The normalized spacial score (nSPS) is 21.9. The van der Waals surface area contributed by atoms with Gasteiger partial charge in [0.05, 0.1) is 18.8 Å². The molecule has 1 fully saturated rings. The number of hydrogen-bond acceptors (Lipinski definition) is 3. The van der Waals surface area contributed by atoms with Crippen molar-refractivity contribution in [2.45, 2.75) is 70.1 Å². The number of amides is 2. The molecule has 5 rings (SSSR count). The fraction of sp³-hybridized carbons (Fsp3) is 0.423. The standard InChI is InChI=1S/C26H30N4O2/c1-26(25(32)28-20-11-4-2-3-5-12-20)18-29-22-14-7-6-10-19(22)16-23(29)24(31)30(26)17-21-13-8-9-15-27-21/h6-10,13-16,20H,2-5,11-12,17-18H2,1H3,(H,28,32). The number of carbonyl (C=O) groups is 2. The molecule has 2 aromatic heterocycles. The summed E-state index contributed by atoms with van der Waals surface area (Å²) in [5.74, 6) is -0.200. The highest BCUT2D eigenvalue weighted by Gasteiger charge is 2.48. The number of carbonyl (C=O) groups excluding carboxylic acids is 2. The number of hydrogen-bond donors (Lipinski definition) is 1. The van der Waals surface area contributed by atoms with Crippen molar-refractivity contribution in [3.05, 3.63) is 66.1 Å². The molecule has 0 radical (unpaired) electrons. The largest absolute Gasteiger partial charge is 0.351 e. The van der Waals surface area contributed by atoms with Crippen LogP contribution in [0, 0.1) is 0 Å². The lowest BCUT2D eigenvalue weighted by atomic mass is 9.93. The van der Waals surface area contributed by atoms with E-state index in [-0.39, 0.29) is 17.9 Å². The van der Waals surface area contributed by atoms with E-state index in [1.54, 1.807) is 11.1 Å². The van der Waals surface area contributed by atoms with Gasteiger partial charge in [-0.05, 0) is 44.0 Å². The molecule has 0 bridgehead atoms. The van der Waals surface area contributed by atoms with E-state index in [0.29, 0.717) is 18.8 Å². The average molecular weight is 431 g/mol. The summed E-state index contributed by atoms with van der Waals surface area (Å²) in [6.07, 6.45) is 8.49. The molecular weight excluding hydrogens is 400 g/mol. The summed E-state index contributed by atoms with van der Waals surface area (Å²) in [7, 11) is 0. The second-order valence-corrected chi connectivity index (χ2v) is 9.32. The summed E-state index contributed by atoms with van der Waals surface area (Å²) in [4.78, 5) is 33.7. The molecule has 166 valence electrons. The molecule has 0 spiro atoms. The topological polar surface area (TPSA) is 67.2 Å². The highest BCUT2D eigenvalue weighted by Crippen LogP contribution is 2.33. The van der Waals surface area contributed by atoms with Gasteiger partial charge in [0.25, 0.3) is 5.91 Å². The SMILES string of the molecule is CC1(C(=O)NC2CCCCCC2)Cn2c(cc3ccccc32)C(=O)N1Cc1ccccn1. The van der Waals surface area contributed by atoms with E-state index in [9.17, 15) is 9.59 Å². The van der Waals surface area contributed by atoms with Gasteiger partial charge in [0.1, 0.15) is 11.2 Å². The molecule has 6 heteroatoms. The van der Waals surface area contributed by atoms with Gasteiger partial charge in [-0.1, -0.05) is 49.9 Å². The minimum atomic E-state index is -1.00. The molecule has 2 amide bonds. The van der Waals surface area contributed by atoms with E-state index in [1.807, 2.05) is 60.0 Å². The van der Waals surface area contributed by atoms with Gasteiger partial charge in [0, 0.05) is 23.1 Å². The second kappa shape index (κ2) is 8.41. The molecule has 2 aliphatic rings. The molecule has 3 heterocycles. The zero-order valence-electron chi connectivity index (χ0n) is 18.6. The van der Waals surface area contributed by atoms with E-state index in [0.717, 1.165) is 42.3 Å². The van der Waals surface area contributed by atoms with Gasteiger partial charge in [-0.25, -0.2) is 0 Å². The first kappa shape index (κ1) is 20.7. The Bertz CT molecular complexity index is 1130. The Kier molecular flexibility index (Phi) is 5.45. The zero-order chi connectivity index (χ0) is 22.1. The number of nitrogens with one attached hydrogen (secondary N) is 1. The smallest absolute Gasteiger partial charge is 0.271 e. The van der Waals surface area contributed by atoms with Crippen LogP contribution in [0.2, 0.25) is 0 Å². The fourth-order valence-corrected chi connectivity index (χ4v) is 5.17. The average Bonchev–Trinajstić information content (AvgIpc) is 2.98. The molecule has 1 saturated carbocycles. The van der Waals surface area contributed by atoms with Crippen molar-refractivity contribution in [1.29, 1.82) is 0 Å². The van der Waals surface area contributed by atoms with Crippen molar-refractivity contribution in [2.75, 3.05) is 0 Å². The maximum absolute atomic E-state index is 13.8. The van der Waals surface area contributed by atoms with E-state index >= 15 is 0 Å². The van der Waals surface area contributed by atoms with E-state index in [2.05, 4.69) is 10.3 Å². The van der Waals surface area contributed by atoms with Crippen LogP contribution in [0.3, 0.4) is 0 Å². The van der Waals surface area contributed by atoms with Gasteiger partial charge in [-0.3, -0.25) is 14.6 Å². The van der Waals surface area contributed by atoms with Crippen LogP contribution in [-0.4, -0.2) is 37.8 Å². The molecule has 32 heavy (non-hydrogen) atoms. The fourth-order valence-electron chi connectivity index (χ4n) is 5.17. The highest BCUT2D eigenvalue weighted by molar-refractivity contribution is 6.03. The molecular formula is C26H30N4O2. The van der Waals surface area contributed by atoms with Gasteiger partial charge in [-0.15, -0.1) is 0 Å². The van der Waals surface area contributed by atoms with Gasteiger partial charge in [-0.2, -0.15) is 0 Å². The van der Waals surface area contributed by atoms with E-state index in [4.69, 9.17) is 0 Å². The summed E-state index contributed by atoms with van der Waals surface area (Å²) in [5, 5.41) is 4.33. The minimum Gasteiger partial charge on any atom is -0.351 e. The molecule has 1 atom stereocenters. The van der Waals surface area contributed by atoms with Crippen molar-refractivity contribution >= 4 is 22.7 Å². The lowest BCUT2D eigenvalue weighted by Crippen LogP contribution is -2.64. The molecule has 1 unspecified atom stereocenters. The minimum absolute atomic E-state index is 0.0721. The Labute approximate surface area is 188 Å². The van der Waals surface area contributed by atoms with Crippen LogP contribution in [0.1, 0.15) is 61.6 Å². The molecule has 6 nitrogen and oxygen atoms in total. The molecule has 1 aromatic carbocycles. The summed E-state index contributed by atoms with van der Waals surface area (Å²) in [6, 6.07) is 15.8. The summed E-state index contributed by atoms with van der Waals surface area (Å²) < 4.78 is 2.01. The molecule has 0 saturated heterocycles. The second-order valence-electron chi connectivity index (χ2n) is 9.32. The van der Waals surface area contributed by atoms with Crippen LogP contribution in [0.5, 0.6) is 0 Å². The molecule has 1 N–H and O–H groups in total. The van der Waals surface area contributed by atoms with Crippen LogP contribution in [0.4, 0.5) is 0 Å². The lowest BCUT2D eigenvalue weighted by molar-refractivity contribution is -0.134. The van der Waals surface area contributed by atoms with Crippen molar-refractivity contribution in [3.63, 3.8) is 0 Å². The number of benzene rings is 1. The Morgan fingerprint density at radius 2 is 1.84 bits per heavy atom. The Morgan fingerprint density at radius 1 is 1.09 bits per heavy atom. The number of aromatic nitrogens is 2. The maximum atomic E-state index is 13.8. The molecule has 3 aromatic rings. The van der Waals surface area contributed by atoms with Crippen LogP contribution in [0.25, 0.3) is 10.9 Å².